The molecule has 3 heterocycles. The first kappa shape index (κ1) is 22.6. The van der Waals surface area contributed by atoms with Crippen molar-refractivity contribution in [3.63, 3.8) is 0 Å². The second-order valence-electron chi connectivity index (χ2n) is 8.14. The molecule has 0 spiro atoms. The predicted molar refractivity (Wildman–Crippen MR) is 135 cm³/mol. The standard InChI is InChI=1S/C26H22ClFN4OS/c1-32-11-3-6-20(32)8-9-21-14-23-25(34-21)26(30-16-29-23)31-19-7-10-24(22(27)13-19)33-15-17-4-2-5-18(28)12-17/h2,4-5,7,10,12-14,16,20H,3,6,11,15H2,1H3,(H,29,30,31)/t20-/m1/s1. The Bertz CT molecular complexity index is 1400. The first-order valence-corrected chi connectivity index (χ1v) is 12.1. The molecule has 34 heavy (non-hydrogen) atoms. The molecule has 8 heteroatoms. The van der Waals surface area contributed by atoms with Crippen molar-refractivity contribution in [2.75, 3.05) is 18.9 Å². The second kappa shape index (κ2) is 9.98. The number of aromatic nitrogens is 2. The van der Waals surface area contributed by atoms with Gasteiger partial charge in [0.25, 0.3) is 0 Å². The number of fused-ring (bicyclic) bond motifs is 1. The number of hydrogen-bond donors (Lipinski definition) is 1. The fraction of sp³-hybridized carbons (Fsp3) is 0.231. The highest BCUT2D eigenvalue weighted by Gasteiger charge is 2.18. The van der Waals surface area contributed by atoms with E-state index in [1.807, 2.05) is 12.1 Å². The highest BCUT2D eigenvalue weighted by Crippen LogP contribution is 2.33. The molecule has 1 fully saturated rings. The lowest BCUT2D eigenvalue weighted by Gasteiger charge is -2.11. The van der Waals surface area contributed by atoms with Gasteiger partial charge in [0.15, 0.2) is 5.82 Å². The van der Waals surface area contributed by atoms with Gasteiger partial charge in [-0.2, -0.15) is 0 Å². The summed E-state index contributed by atoms with van der Waals surface area (Å²) in [5.74, 6) is 7.63. The van der Waals surface area contributed by atoms with Gasteiger partial charge >= 0.3 is 0 Å². The largest absolute Gasteiger partial charge is 0.487 e. The van der Waals surface area contributed by atoms with Gasteiger partial charge in [0.1, 0.15) is 24.5 Å². The van der Waals surface area contributed by atoms with Crippen molar-refractivity contribution in [2.24, 2.45) is 0 Å². The van der Waals surface area contributed by atoms with E-state index in [0.29, 0.717) is 22.6 Å². The van der Waals surface area contributed by atoms with Crippen molar-refractivity contribution in [3.05, 3.63) is 76.1 Å². The number of thiophene rings is 1. The van der Waals surface area contributed by atoms with Crippen LogP contribution in [0.2, 0.25) is 5.02 Å². The molecule has 1 atom stereocenters. The van der Waals surface area contributed by atoms with Gasteiger partial charge in [-0.3, -0.25) is 4.90 Å². The van der Waals surface area contributed by atoms with E-state index in [1.54, 1.807) is 35.6 Å². The zero-order valence-electron chi connectivity index (χ0n) is 18.5. The molecule has 1 aliphatic heterocycles. The quantitative estimate of drug-likeness (QED) is 0.333. The van der Waals surface area contributed by atoms with Crippen molar-refractivity contribution in [2.45, 2.75) is 25.5 Å². The van der Waals surface area contributed by atoms with Crippen molar-refractivity contribution in [1.29, 1.82) is 0 Å². The number of rotatable bonds is 5. The second-order valence-corrected chi connectivity index (χ2v) is 9.60. The highest BCUT2D eigenvalue weighted by atomic mass is 35.5. The Morgan fingerprint density at radius 2 is 2.15 bits per heavy atom. The number of halogens is 2. The average Bonchev–Trinajstić information content (AvgIpc) is 3.43. The van der Waals surface area contributed by atoms with E-state index in [-0.39, 0.29) is 12.4 Å². The summed E-state index contributed by atoms with van der Waals surface area (Å²) in [6.45, 7) is 1.33. The molecule has 5 rings (SSSR count). The van der Waals surface area contributed by atoms with Crippen LogP contribution >= 0.6 is 22.9 Å². The van der Waals surface area contributed by atoms with Gasteiger partial charge in [0, 0.05) is 5.69 Å². The molecule has 0 radical (unpaired) electrons. The van der Waals surface area contributed by atoms with Gasteiger partial charge in [0.05, 0.1) is 26.2 Å². The number of hydrogen-bond acceptors (Lipinski definition) is 6. The number of likely N-dealkylation sites (tertiary alicyclic amines) is 1. The van der Waals surface area contributed by atoms with Crippen LogP contribution in [0.1, 0.15) is 23.3 Å². The van der Waals surface area contributed by atoms with Gasteiger partial charge in [-0.05, 0) is 68.4 Å². The van der Waals surface area contributed by atoms with Gasteiger partial charge in [-0.25, -0.2) is 14.4 Å². The summed E-state index contributed by atoms with van der Waals surface area (Å²) in [5, 5.41) is 3.78. The maximum Gasteiger partial charge on any atom is 0.151 e. The number of benzene rings is 2. The number of ether oxygens (including phenoxy) is 1. The van der Waals surface area contributed by atoms with Gasteiger partial charge in [-0.15, -0.1) is 11.3 Å². The maximum absolute atomic E-state index is 13.4. The van der Waals surface area contributed by atoms with Crippen LogP contribution in [-0.2, 0) is 6.61 Å². The third-order valence-electron chi connectivity index (χ3n) is 5.67. The zero-order chi connectivity index (χ0) is 23.5. The Hall–Kier alpha value is -3.18. The van der Waals surface area contributed by atoms with E-state index in [4.69, 9.17) is 16.3 Å². The summed E-state index contributed by atoms with van der Waals surface area (Å²) in [7, 11) is 2.12. The van der Waals surface area contributed by atoms with Crippen LogP contribution in [0.25, 0.3) is 10.2 Å². The first-order valence-electron chi connectivity index (χ1n) is 11.0. The molecular formula is C26H22ClFN4OS. The third-order valence-corrected chi connectivity index (χ3v) is 7.01. The Morgan fingerprint density at radius 3 is 2.94 bits per heavy atom. The van der Waals surface area contributed by atoms with Crippen LogP contribution in [0, 0.1) is 17.7 Å². The Morgan fingerprint density at radius 1 is 1.24 bits per heavy atom. The van der Waals surface area contributed by atoms with Crippen molar-refractivity contribution < 1.29 is 9.13 Å². The summed E-state index contributed by atoms with van der Waals surface area (Å²) >= 11 is 8.01. The minimum absolute atomic E-state index is 0.229. The molecule has 5 nitrogen and oxygen atoms in total. The number of anilines is 2. The van der Waals surface area contributed by atoms with Crippen molar-refractivity contribution in [3.8, 4) is 17.6 Å². The van der Waals surface area contributed by atoms with E-state index in [1.165, 1.54) is 24.9 Å². The van der Waals surface area contributed by atoms with Crippen LogP contribution in [0.3, 0.4) is 0 Å². The topological polar surface area (TPSA) is 50.3 Å². The van der Waals surface area contributed by atoms with Crippen molar-refractivity contribution >= 4 is 44.7 Å². The molecule has 2 aromatic heterocycles. The van der Waals surface area contributed by atoms with Crippen LogP contribution in [0.4, 0.5) is 15.9 Å². The summed E-state index contributed by atoms with van der Waals surface area (Å²) in [5.41, 5.74) is 2.36. The van der Waals surface area contributed by atoms with E-state index in [9.17, 15) is 4.39 Å². The summed E-state index contributed by atoms with van der Waals surface area (Å²) < 4.78 is 20.1. The Labute approximate surface area is 206 Å². The zero-order valence-corrected chi connectivity index (χ0v) is 20.1. The van der Waals surface area contributed by atoms with Crippen LogP contribution in [0.5, 0.6) is 5.75 Å². The van der Waals surface area contributed by atoms with E-state index in [0.717, 1.165) is 39.3 Å². The van der Waals surface area contributed by atoms with Gasteiger partial charge < -0.3 is 10.1 Å². The fourth-order valence-corrected chi connectivity index (χ4v) is 5.02. The minimum atomic E-state index is -0.295. The molecule has 1 saturated heterocycles. The van der Waals surface area contributed by atoms with Crippen LogP contribution < -0.4 is 10.1 Å². The van der Waals surface area contributed by atoms with Gasteiger partial charge in [0.2, 0.25) is 0 Å². The minimum Gasteiger partial charge on any atom is -0.487 e. The molecule has 172 valence electrons. The molecule has 4 aromatic rings. The molecule has 0 aliphatic carbocycles. The van der Waals surface area contributed by atoms with E-state index < -0.39 is 0 Å². The van der Waals surface area contributed by atoms with E-state index in [2.05, 4.69) is 39.1 Å². The smallest absolute Gasteiger partial charge is 0.151 e. The number of nitrogens with one attached hydrogen (secondary N) is 1. The summed E-state index contributed by atoms with van der Waals surface area (Å²) in [6.07, 6.45) is 3.85. The molecule has 1 N–H and O–H groups in total. The monoisotopic (exact) mass is 492 g/mol. The Balaban J connectivity index is 1.31. The summed E-state index contributed by atoms with van der Waals surface area (Å²) in [6, 6.07) is 14.0. The lowest BCUT2D eigenvalue weighted by atomic mass is 10.2. The summed E-state index contributed by atoms with van der Waals surface area (Å²) in [4.78, 5) is 12.1. The first-order chi connectivity index (χ1) is 16.5. The lowest BCUT2D eigenvalue weighted by Crippen LogP contribution is -2.22. The molecule has 1 aliphatic rings. The average molecular weight is 493 g/mol. The SMILES string of the molecule is CN1CCC[C@@H]1C#Cc1cc2ncnc(Nc3ccc(OCc4cccc(F)c4)c(Cl)c3)c2s1. The molecular weight excluding hydrogens is 471 g/mol. The lowest BCUT2D eigenvalue weighted by molar-refractivity contribution is 0.306. The molecule has 0 bridgehead atoms. The van der Waals surface area contributed by atoms with Crippen LogP contribution in [-0.4, -0.2) is 34.5 Å². The predicted octanol–water partition coefficient (Wildman–Crippen LogP) is 6.25. The molecule has 0 saturated carbocycles. The maximum atomic E-state index is 13.4. The van der Waals surface area contributed by atoms with Crippen molar-refractivity contribution in [1.82, 2.24) is 14.9 Å². The Kier molecular flexibility index (Phi) is 6.63. The molecule has 2 aromatic carbocycles. The van der Waals surface area contributed by atoms with Crippen LogP contribution in [0.15, 0.2) is 54.9 Å². The number of nitrogens with zero attached hydrogens (tertiary/aromatic N) is 3. The van der Waals surface area contributed by atoms with E-state index >= 15 is 0 Å². The molecule has 0 amide bonds. The third kappa shape index (κ3) is 5.15. The van der Waals surface area contributed by atoms with Gasteiger partial charge in [-0.1, -0.05) is 35.6 Å². The molecule has 0 unspecified atom stereocenters. The highest BCUT2D eigenvalue weighted by molar-refractivity contribution is 7.20. The normalized spacial score (nSPS) is 15.8. The fourth-order valence-electron chi connectivity index (χ4n) is 3.87.